The first kappa shape index (κ1) is 19.7. The fourth-order valence-electron chi connectivity index (χ4n) is 2.49. The van der Waals surface area contributed by atoms with Gasteiger partial charge in [0, 0.05) is 11.8 Å². The molecule has 0 atom stereocenters. The second kappa shape index (κ2) is 8.20. The number of hydrogen-bond acceptors (Lipinski definition) is 5. The van der Waals surface area contributed by atoms with Crippen LogP contribution in [0.1, 0.15) is 11.1 Å². The lowest BCUT2D eigenvalue weighted by atomic mass is 10.1. The SMILES string of the molecule is COc1ccc(S(=O)(=O)NCC(=O)Nc2cc(C)cc(C)c2)c(OC)c1. The Kier molecular flexibility index (Phi) is 6.23. The number of anilines is 1. The Morgan fingerprint density at radius 3 is 2.23 bits per heavy atom. The quantitative estimate of drug-likeness (QED) is 0.771. The number of nitrogens with one attached hydrogen (secondary N) is 2. The summed E-state index contributed by atoms with van der Waals surface area (Å²) in [7, 11) is -1.09. The molecule has 2 aromatic rings. The smallest absolute Gasteiger partial charge is 0.244 e. The molecule has 2 aromatic carbocycles. The number of aryl methyl sites for hydroxylation is 2. The van der Waals surface area contributed by atoms with Gasteiger partial charge >= 0.3 is 0 Å². The Morgan fingerprint density at radius 2 is 1.65 bits per heavy atom. The fraction of sp³-hybridized carbons (Fsp3) is 0.278. The van der Waals surface area contributed by atoms with Crippen molar-refractivity contribution in [3.8, 4) is 11.5 Å². The summed E-state index contributed by atoms with van der Waals surface area (Å²) in [5, 5.41) is 2.68. The van der Waals surface area contributed by atoms with Crippen molar-refractivity contribution in [2.45, 2.75) is 18.7 Å². The lowest BCUT2D eigenvalue weighted by Crippen LogP contribution is -2.33. The second-order valence-electron chi connectivity index (χ2n) is 5.77. The molecule has 0 bridgehead atoms. The van der Waals surface area contributed by atoms with Gasteiger partial charge in [0.2, 0.25) is 15.9 Å². The summed E-state index contributed by atoms with van der Waals surface area (Å²) in [6, 6.07) is 9.94. The summed E-state index contributed by atoms with van der Waals surface area (Å²) in [5.41, 5.74) is 2.63. The van der Waals surface area contributed by atoms with E-state index in [1.54, 1.807) is 0 Å². The third kappa shape index (κ3) is 4.96. The van der Waals surface area contributed by atoms with E-state index in [0.717, 1.165) is 11.1 Å². The standard InChI is InChI=1S/C18H22N2O5S/c1-12-7-13(2)9-14(8-12)20-18(21)11-19-26(22,23)17-6-5-15(24-3)10-16(17)25-4/h5-10,19H,11H2,1-4H3,(H,20,21). The summed E-state index contributed by atoms with van der Waals surface area (Å²) >= 11 is 0. The maximum atomic E-state index is 12.5. The minimum atomic E-state index is -3.92. The average Bonchev–Trinajstić information content (AvgIpc) is 2.58. The van der Waals surface area contributed by atoms with Crippen LogP contribution in [0, 0.1) is 13.8 Å². The van der Waals surface area contributed by atoms with Gasteiger partial charge in [-0.05, 0) is 49.2 Å². The van der Waals surface area contributed by atoms with Crippen LogP contribution in [0.4, 0.5) is 5.69 Å². The average molecular weight is 378 g/mol. The van der Waals surface area contributed by atoms with E-state index in [9.17, 15) is 13.2 Å². The van der Waals surface area contributed by atoms with Gasteiger partial charge in [-0.2, -0.15) is 0 Å². The Hall–Kier alpha value is -2.58. The van der Waals surface area contributed by atoms with Crippen LogP contribution in [0.3, 0.4) is 0 Å². The number of carbonyl (C=O) groups excluding carboxylic acids is 1. The van der Waals surface area contributed by atoms with Gasteiger partial charge in [-0.15, -0.1) is 0 Å². The number of amides is 1. The van der Waals surface area contributed by atoms with Crippen LogP contribution in [0.25, 0.3) is 0 Å². The van der Waals surface area contributed by atoms with Crippen molar-refractivity contribution < 1.29 is 22.7 Å². The number of benzene rings is 2. The summed E-state index contributed by atoms with van der Waals surface area (Å²) in [4.78, 5) is 12.0. The highest BCUT2D eigenvalue weighted by Crippen LogP contribution is 2.28. The molecule has 26 heavy (non-hydrogen) atoms. The Labute approximate surface area is 153 Å². The maximum absolute atomic E-state index is 12.5. The van der Waals surface area contributed by atoms with Crippen LogP contribution in [0.5, 0.6) is 11.5 Å². The molecular weight excluding hydrogens is 356 g/mol. The summed E-state index contributed by atoms with van der Waals surface area (Å²) < 4.78 is 37.4. The van der Waals surface area contributed by atoms with Gasteiger partial charge in [-0.1, -0.05) is 6.07 Å². The minimum Gasteiger partial charge on any atom is -0.497 e. The molecular formula is C18H22N2O5S. The van der Waals surface area contributed by atoms with E-state index in [1.807, 2.05) is 32.0 Å². The summed E-state index contributed by atoms with van der Waals surface area (Å²) in [6.07, 6.45) is 0. The van der Waals surface area contributed by atoms with Crippen molar-refractivity contribution in [2.75, 3.05) is 26.1 Å². The first-order valence-electron chi connectivity index (χ1n) is 7.85. The first-order valence-corrected chi connectivity index (χ1v) is 9.33. The number of methoxy groups -OCH3 is 2. The van der Waals surface area contributed by atoms with Crippen LogP contribution < -0.4 is 19.5 Å². The van der Waals surface area contributed by atoms with Gasteiger partial charge in [-0.25, -0.2) is 13.1 Å². The molecule has 0 saturated heterocycles. The molecule has 0 aliphatic heterocycles. The second-order valence-corrected chi connectivity index (χ2v) is 7.50. The molecule has 0 saturated carbocycles. The lowest BCUT2D eigenvalue weighted by Gasteiger charge is -2.12. The van der Waals surface area contributed by atoms with Gasteiger partial charge in [0.1, 0.15) is 16.4 Å². The molecule has 0 radical (unpaired) electrons. The highest BCUT2D eigenvalue weighted by molar-refractivity contribution is 7.89. The van der Waals surface area contributed by atoms with Crippen molar-refractivity contribution in [3.05, 3.63) is 47.5 Å². The van der Waals surface area contributed by atoms with E-state index in [0.29, 0.717) is 11.4 Å². The minimum absolute atomic E-state index is 0.0694. The largest absolute Gasteiger partial charge is 0.497 e. The lowest BCUT2D eigenvalue weighted by molar-refractivity contribution is -0.115. The van der Waals surface area contributed by atoms with Gasteiger partial charge in [0.05, 0.1) is 20.8 Å². The number of hydrogen-bond donors (Lipinski definition) is 2. The molecule has 7 nitrogen and oxygen atoms in total. The molecule has 0 aromatic heterocycles. The van der Waals surface area contributed by atoms with Crippen molar-refractivity contribution in [2.24, 2.45) is 0 Å². The molecule has 0 fully saturated rings. The zero-order valence-corrected chi connectivity index (χ0v) is 15.9. The molecule has 0 spiro atoms. The molecule has 0 unspecified atom stereocenters. The fourth-order valence-corrected chi connectivity index (χ4v) is 3.62. The third-order valence-electron chi connectivity index (χ3n) is 3.59. The van der Waals surface area contributed by atoms with E-state index in [-0.39, 0.29) is 10.6 Å². The van der Waals surface area contributed by atoms with Gasteiger partial charge in [0.15, 0.2) is 0 Å². The first-order chi connectivity index (χ1) is 12.2. The zero-order chi connectivity index (χ0) is 19.3. The van der Waals surface area contributed by atoms with E-state index in [1.165, 1.54) is 32.4 Å². The van der Waals surface area contributed by atoms with Crippen LogP contribution in [-0.2, 0) is 14.8 Å². The van der Waals surface area contributed by atoms with Crippen LogP contribution >= 0.6 is 0 Å². The van der Waals surface area contributed by atoms with Crippen LogP contribution in [0.2, 0.25) is 0 Å². The number of ether oxygens (including phenoxy) is 2. The third-order valence-corrected chi connectivity index (χ3v) is 5.03. The molecule has 2 N–H and O–H groups in total. The van der Waals surface area contributed by atoms with Crippen LogP contribution in [0.15, 0.2) is 41.3 Å². The van der Waals surface area contributed by atoms with Crippen molar-refractivity contribution >= 4 is 21.6 Å². The van der Waals surface area contributed by atoms with Gasteiger partial charge in [-0.3, -0.25) is 4.79 Å². The van der Waals surface area contributed by atoms with E-state index in [2.05, 4.69) is 10.0 Å². The Bertz CT molecular complexity index is 890. The molecule has 2 rings (SSSR count). The van der Waals surface area contributed by atoms with Crippen molar-refractivity contribution in [3.63, 3.8) is 0 Å². The maximum Gasteiger partial charge on any atom is 0.244 e. The monoisotopic (exact) mass is 378 g/mol. The number of carbonyl (C=O) groups is 1. The molecule has 0 aliphatic rings. The van der Waals surface area contributed by atoms with E-state index in [4.69, 9.17) is 9.47 Å². The zero-order valence-electron chi connectivity index (χ0n) is 15.1. The predicted octanol–water partition coefficient (Wildman–Crippen LogP) is 2.24. The molecule has 1 amide bonds. The van der Waals surface area contributed by atoms with Gasteiger partial charge in [0.25, 0.3) is 0 Å². The highest BCUT2D eigenvalue weighted by atomic mass is 32.2. The molecule has 8 heteroatoms. The summed E-state index contributed by atoms with van der Waals surface area (Å²) in [6.45, 7) is 3.44. The summed E-state index contributed by atoms with van der Waals surface area (Å²) in [5.74, 6) is 0.131. The molecule has 0 heterocycles. The normalized spacial score (nSPS) is 11.1. The van der Waals surface area contributed by atoms with Crippen molar-refractivity contribution in [1.29, 1.82) is 0 Å². The van der Waals surface area contributed by atoms with Crippen LogP contribution in [-0.4, -0.2) is 35.1 Å². The number of rotatable bonds is 7. The topological polar surface area (TPSA) is 93.7 Å². The Balaban J connectivity index is 2.09. The highest BCUT2D eigenvalue weighted by Gasteiger charge is 2.21. The van der Waals surface area contributed by atoms with E-state index >= 15 is 0 Å². The predicted molar refractivity (Wildman–Crippen MR) is 99.3 cm³/mol. The van der Waals surface area contributed by atoms with Crippen molar-refractivity contribution in [1.82, 2.24) is 4.72 Å². The van der Waals surface area contributed by atoms with Gasteiger partial charge < -0.3 is 14.8 Å². The molecule has 140 valence electrons. The van der Waals surface area contributed by atoms with E-state index < -0.39 is 22.5 Å². The Morgan fingerprint density at radius 1 is 1.00 bits per heavy atom. The molecule has 0 aliphatic carbocycles. The number of sulfonamides is 1.